The third-order valence-electron chi connectivity index (χ3n) is 4.33. The van der Waals surface area contributed by atoms with Crippen molar-refractivity contribution in [3.63, 3.8) is 0 Å². The van der Waals surface area contributed by atoms with Crippen LogP contribution in [0.1, 0.15) is 45.7 Å². The Morgan fingerprint density at radius 1 is 1.33 bits per heavy atom. The number of aromatic nitrogens is 2. The standard InChI is InChI=1S/C18H27N5O3S/c1-18(2,3)26-17(25)23-7-5-4-6-14(23)11-20-15(24)19-10-13-12-22-8-9-27-16(22)21-13/h8-9,12,14H,4-7,10-11H2,1-3H3,(H2,19,20,24). The van der Waals surface area contributed by atoms with Crippen LogP contribution in [0, 0.1) is 0 Å². The highest BCUT2D eigenvalue weighted by Crippen LogP contribution is 2.20. The van der Waals surface area contributed by atoms with E-state index in [1.807, 2.05) is 42.9 Å². The highest BCUT2D eigenvalue weighted by molar-refractivity contribution is 7.15. The van der Waals surface area contributed by atoms with E-state index in [4.69, 9.17) is 4.74 Å². The van der Waals surface area contributed by atoms with Crippen LogP contribution < -0.4 is 10.6 Å². The molecular weight excluding hydrogens is 366 g/mol. The number of carbonyl (C=O) groups excluding carboxylic acids is 2. The Hall–Kier alpha value is -2.29. The van der Waals surface area contributed by atoms with Crippen molar-refractivity contribution in [2.45, 2.75) is 58.2 Å². The molecule has 1 unspecified atom stereocenters. The Morgan fingerprint density at radius 3 is 2.89 bits per heavy atom. The molecule has 3 heterocycles. The predicted octanol–water partition coefficient (Wildman–Crippen LogP) is 2.98. The van der Waals surface area contributed by atoms with Crippen LogP contribution in [0.4, 0.5) is 9.59 Å². The van der Waals surface area contributed by atoms with Gasteiger partial charge in [-0.2, -0.15) is 0 Å². The molecule has 2 aromatic heterocycles. The summed E-state index contributed by atoms with van der Waals surface area (Å²) in [4.78, 5) is 31.6. The Bertz CT molecular complexity index is 766. The molecule has 2 aromatic rings. The lowest BCUT2D eigenvalue weighted by atomic mass is 10.0. The maximum absolute atomic E-state index is 12.4. The van der Waals surface area contributed by atoms with Crippen LogP contribution in [0.15, 0.2) is 17.8 Å². The third-order valence-corrected chi connectivity index (χ3v) is 5.10. The van der Waals surface area contributed by atoms with Gasteiger partial charge in [0.25, 0.3) is 0 Å². The molecule has 2 N–H and O–H groups in total. The zero-order valence-electron chi connectivity index (χ0n) is 16.0. The normalized spacial score (nSPS) is 17.7. The van der Waals surface area contributed by atoms with Crippen LogP contribution in [0.25, 0.3) is 4.96 Å². The van der Waals surface area contributed by atoms with Crippen molar-refractivity contribution in [2.75, 3.05) is 13.1 Å². The summed E-state index contributed by atoms with van der Waals surface area (Å²) < 4.78 is 7.42. The lowest BCUT2D eigenvalue weighted by molar-refractivity contribution is 0.0102. The number of urea groups is 1. The van der Waals surface area contributed by atoms with Crippen molar-refractivity contribution >= 4 is 28.4 Å². The van der Waals surface area contributed by atoms with Gasteiger partial charge in [0.1, 0.15) is 5.60 Å². The summed E-state index contributed by atoms with van der Waals surface area (Å²) >= 11 is 1.55. The molecule has 1 aliphatic rings. The molecule has 1 fully saturated rings. The molecular formula is C18H27N5O3S. The molecule has 0 spiro atoms. The minimum Gasteiger partial charge on any atom is -0.444 e. The van der Waals surface area contributed by atoms with E-state index in [0.29, 0.717) is 19.6 Å². The summed E-state index contributed by atoms with van der Waals surface area (Å²) in [5.74, 6) is 0. The van der Waals surface area contributed by atoms with Crippen molar-refractivity contribution < 1.29 is 14.3 Å². The molecule has 1 atom stereocenters. The Kier molecular flexibility index (Phi) is 5.88. The Balaban J connectivity index is 1.47. The van der Waals surface area contributed by atoms with Crippen LogP contribution in [-0.2, 0) is 11.3 Å². The molecule has 0 bridgehead atoms. The summed E-state index contributed by atoms with van der Waals surface area (Å²) in [6.45, 7) is 7.00. The number of rotatable bonds is 4. The quantitative estimate of drug-likeness (QED) is 0.836. The summed E-state index contributed by atoms with van der Waals surface area (Å²) in [6.07, 6.45) is 6.38. The first-order chi connectivity index (χ1) is 12.8. The molecule has 0 saturated carbocycles. The van der Waals surface area contributed by atoms with E-state index in [1.165, 1.54) is 0 Å². The zero-order chi connectivity index (χ0) is 19.4. The predicted molar refractivity (Wildman–Crippen MR) is 104 cm³/mol. The lowest BCUT2D eigenvalue weighted by Crippen LogP contribution is -2.51. The minimum atomic E-state index is -0.526. The Morgan fingerprint density at radius 2 is 2.15 bits per heavy atom. The fourth-order valence-electron chi connectivity index (χ4n) is 3.08. The first kappa shape index (κ1) is 19.5. The fraction of sp³-hybridized carbons (Fsp3) is 0.611. The Labute approximate surface area is 162 Å². The topological polar surface area (TPSA) is 88.0 Å². The summed E-state index contributed by atoms with van der Waals surface area (Å²) in [6, 6.07) is -0.307. The molecule has 0 aromatic carbocycles. The molecule has 3 amide bonds. The van der Waals surface area contributed by atoms with E-state index in [-0.39, 0.29) is 18.2 Å². The number of fused-ring (bicyclic) bond motifs is 1. The molecule has 27 heavy (non-hydrogen) atoms. The summed E-state index contributed by atoms with van der Waals surface area (Å²) in [7, 11) is 0. The number of likely N-dealkylation sites (tertiary alicyclic amines) is 1. The first-order valence-electron chi connectivity index (χ1n) is 9.24. The maximum atomic E-state index is 12.4. The molecule has 3 rings (SSSR count). The van der Waals surface area contributed by atoms with E-state index in [9.17, 15) is 9.59 Å². The van der Waals surface area contributed by atoms with Gasteiger partial charge in [-0.15, -0.1) is 11.3 Å². The van der Waals surface area contributed by atoms with Crippen molar-refractivity contribution in [2.24, 2.45) is 0 Å². The van der Waals surface area contributed by atoms with Crippen molar-refractivity contribution in [3.05, 3.63) is 23.5 Å². The highest BCUT2D eigenvalue weighted by atomic mass is 32.1. The van der Waals surface area contributed by atoms with E-state index in [2.05, 4.69) is 15.6 Å². The van der Waals surface area contributed by atoms with Crippen LogP contribution >= 0.6 is 11.3 Å². The molecule has 0 radical (unpaired) electrons. The number of imidazole rings is 1. The molecule has 9 heteroatoms. The number of hydrogen-bond acceptors (Lipinski definition) is 5. The monoisotopic (exact) mass is 393 g/mol. The first-order valence-corrected chi connectivity index (χ1v) is 10.1. The van der Waals surface area contributed by atoms with E-state index in [0.717, 1.165) is 29.9 Å². The number of amides is 3. The van der Waals surface area contributed by atoms with Crippen LogP contribution in [0.2, 0.25) is 0 Å². The van der Waals surface area contributed by atoms with Gasteiger partial charge in [-0.3, -0.25) is 4.40 Å². The van der Waals surface area contributed by atoms with Gasteiger partial charge < -0.3 is 20.3 Å². The average Bonchev–Trinajstić information content (AvgIpc) is 3.18. The second kappa shape index (κ2) is 8.16. The number of piperidine rings is 1. The molecule has 1 saturated heterocycles. The van der Waals surface area contributed by atoms with Gasteiger partial charge >= 0.3 is 12.1 Å². The van der Waals surface area contributed by atoms with E-state index >= 15 is 0 Å². The van der Waals surface area contributed by atoms with E-state index in [1.54, 1.807) is 16.2 Å². The number of thiazole rings is 1. The maximum Gasteiger partial charge on any atom is 0.410 e. The molecule has 8 nitrogen and oxygen atoms in total. The zero-order valence-corrected chi connectivity index (χ0v) is 16.8. The van der Waals surface area contributed by atoms with Crippen molar-refractivity contribution in [1.82, 2.24) is 24.9 Å². The van der Waals surface area contributed by atoms with Crippen LogP contribution in [-0.4, -0.2) is 51.1 Å². The smallest absolute Gasteiger partial charge is 0.410 e. The average molecular weight is 394 g/mol. The number of ether oxygens (including phenoxy) is 1. The van der Waals surface area contributed by atoms with Crippen molar-refractivity contribution in [1.29, 1.82) is 0 Å². The van der Waals surface area contributed by atoms with Gasteiger partial charge in [0.05, 0.1) is 18.3 Å². The van der Waals surface area contributed by atoms with Gasteiger partial charge in [0.2, 0.25) is 0 Å². The molecule has 0 aliphatic carbocycles. The number of nitrogens with zero attached hydrogens (tertiary/aromatic N) is 3. The van der Waals surface area contributed by atoms with Gasteiger partial charge in [-0.25, -0.2) is 14.6 Å². The summed E-state index contributed by atoms with van der Waals surface area (Å²) in [5, 5.41) is 7.65. The number of nitrogens with one attached hydrogen (secondary N) is 2. The lowest BCUT2D eigenvalue weighted by Gasteiger charge is -2.36. The van der Waals surface area contributed by atoms with Crippen molar-refractivity contribution in [3.8, 4) is 0 Å². The largest absolute Gasteiger partial charge is 0.444 e. The molecule has 1 aliphatic heterocycles. The number of carbonyl (C=O) groups is 2. The van der Waals surface area contributed by atoms with Gasteiger partial charge in [-0.1, -0.05) is 0 Å². The fourth-order valence-corrected chi connectivity index (χ4v) is 3.80. The highest BCUT2D eigenvalue weighted by Gasteiger charge is 2.30. The van der Waals surface area contributed by atoms with Gasteiger partial charge in [0, 0.05) is 30.9 Å². The third kappa shape index (κ3) is 5.35. The SMILES string of the molecule is CC(C)(C)OC(=O)N1CCCCC1CNC(=O)NCc1cn2ccsc2n1. The van der Waals surface area contributed by atoms with Crippen LogP contribution in [0.3, 0.4) is 0 Å². The second-order valence-corrected chi connectivity index (χ2v) is 8.59. The van der Waals surface area contributed by atoms with Crippen LogP contribution in [0.5, 0.6) is 0 Å². The van der Waals surface area contributed by atoms with E-state index < -0.39 is 5.60 Å². The van der Waals surface area contributed by atoms with Gasteiger partial charge in [-0.05, 0) is 40.0 Å². The number of hydrogen-bond donors (Lipinski definition) is 2. The summed E-state index contributed by atoms with van der Waals surface area (Å²) in [5.41, 5.74) is 0.285. The van der Waals surface area contributed by atoms with Gasteiger partial charge in [0.15, 0.2) is 4.96 Å². The molecule has 148 valence electrons. The second-order valence-electron chi connectivity index (χ2n) is 7.71. The minimum absolute atomic E-state index is 0.0442.